The van der Waals surface area contributed by atoms with Crippen molar-refractivity contribution in [3.8, 4) is 0 Å². The second-order valence-corrected chi connectivity index (χ2v) is 23.0. The Hall–Kier alpha value is -3.90. The Morgan fingerprint density at radius 1 is 0.827 bits per heavy atom. The average molecular weight is 1050 g/mol. The fourth-order valence-corrected chi connectivity index (χ4v) is 11.5. The van der Waals surface area contributed by atoms with Crippen LogP contribution < -0.4 is 0 Å². The predicted molar refractivity (Wildman–Crippen MR) is 282 cm³/mol. The molecule has 0 aromatic rings. The molecule has 0 spiro atoms. The highest BCUT2D eigenvalue weighted by atomic mass is 16.7. The van der Waals surface area contributed by atoms with Crippen LogP contribution in [0.3, 0.4) is 0 Å². The van der Waals surface area contributed by atoms with Crippen LogP contribution in [0.4, 0.5) is 0 Å². The van der Waals surface area contributed by atoms with E-state index in [9.17, 15) is 33.9 Å². The molecule has 5 aliphatic rings. The second kappa shape index (κ2) is 28.6. The molecule has 1 N–H and O–H groups in total. The number of hydrogen-bond acceptors (Lipinski definition) is 15. The van der Waals surface area contributed by atoms with E-state index in [-0.39, 0.29) is 80.5 Å². The van der Waals surface area contributed by atoms with Crippen molar-refractivity contribution < 1.29 is 71.8 Å². The van der Waals surface area contributed by atoms with Gasteiger partial charge in [0.25, 0.3) is 11.7 Å². The van der Waals surface area contributed by atoms with Crippen molar-refractivity contribution >= 4 is 35.2 Å². The second-order valence-electron chi connectivity index (χ2n) is 23.0. The fraction of sp³-hybridized carbons (Fsp3) is 0.763. The number of carbonyl (C=O) groups is 6. The Bertz CT molecular complexity index is 2070. The van der Waals surface area contributed by atoms with Gasteiger partial charge in [0.05, 0.1) is 31.5 Å². The van der Waals surface area contributed by atoms with Gasteiger partial charge in [-0.2, -0.15) is 0 Å². The largest absolute Gasteiger partial charge is 0.460 e. The van der Waals surface area contributed by atoms with E-state index < -0.39 is 89.3 Å². The maximum Gasteiger partial charge on any atom is 0.329 e. The third kappa shape index (κ3) is 16.3. The number of methoxy groups -OCH3 is 3. The fourth-order valence-electron chi connectivity index (χ4n) is 11.5. The van der Waals surface area contributed by atoms with Crippen molar-refractivity contribution in [3.05, 3.63) is 47.6 Å². The van der Waals surface area contributed by atoms with E-state index in [4.69, 9.17) is 37.9 Å². The lowest BCUT2D eigenvalue weighted by Crippen LogP contribution is -2.61. The molecule has 15 atom stereocenters. The number of esters is 2. The van der Waals surface area contributed by atoms with E-state index in [1.54, 1.807) is 35.0 Å². The predicted octanol–water partition coefficient (Wildman–Crippen LogP) is 8.41. The Kier molecular flexibility index (Phi) is 23.7. The van der Waals surface area contributed by atoms with E-state index in [1.807, 2.05) is 65.0 Å². The third-order valence-corrected chi connectivity index (χ3v) is 17.0. The van der Waals surface area contributed by atoms with Crippen molar-refractivity contribution in [1.82, 2.24) is 4.90 Å². The van der Waals surface area contributed by atoms with Crippen molar-refractivity contribution in [1.29, 1.82) is 0 Å². The monoisotopic (exact) mass is 1050 g/mol. The molecule has 2 bridgehead atoms. The molecule has 422 valence electrons. The van der Waals surface area contributed by atoms with Gasteiger partial charge in [0.2, 0.25) is 5.79 Å². The van der Waals surface area contributed by atoms with Crippen molar-refractivity contribution in [3.63, 3.8) is 0 Å². The van der Waals surface area contributed by atoms with Gasteiger partial charge >= 0.3 is 11.9 Å². The lowest BCUT2D eigenvalue weighted by molar-refractivity contribution is -0.265. The minimum atomic E-state index is -2.44. The summed E-state index contributed by atoms with van der Waals surface area (Å²) >= 11 is 0. The van der Waals surface area contributed by atoms with Gasteiger partial charge in [0, 0.05) is 64.4 Å². The number of hydrogen-bond donors (Lipinski definition) is 1. The van der Waals surface area contributed by atoms with Crippen LogP contribution >= 0.6 is 0 Å². The molecule has 4 heterocycles. The molecular formula is C59H91NO15. The Morgan fingerprint density at radius 3 is 2.23 bits per heavy atom. The first-order chi connectivity index (χ1) is 35.6. The third-order valence-electron chi connectivity index (χ3n) is 17.0. The molecule has 0 unspecified atom stereocenters. The lowest BCUT2D eigenvalue weighted by Gasteiger charge is -2.42. The molecule has 0 aromatic heterocycles. The van der Waals surface area contributed by atoms with Gasteiger partial charge in [0.1, 0.15) is 42.3 Å². The number of allylic oxidation sites excluding steroid dienone is 6. The summed E-state index contributed by atoms with van der Waals surface area (Å²) in [4.78, 5) is 86.3. The number of cyclic esters (lactones) is 1. The number of amides is 1. The summed E-state index contributed by atoms with van der Waals surface area (Å²) in [5.74, 6) is -7.93. The number of piperidine rings is 1. The maximum absolute atomic E-state index is 14.6. The highest BCUT2D eigenvalue weighted by Crippen LogP contribution is 2.39. The summed E-state index contributed by atoms with van der Waals surface area (Å²) in [5, 5.41) is 12.1. The lowest BCUT2D eigenvalue weighted by atomic mass is 9.78. The molecule has 0 aromatic carbocycles. The highest BCUT2D eigenvalue weighted by Gasteiger charge is 2.53. The van der Waals surface area contributed by atoms with Crippen molar-refractivity contribution in [2.24, 2.45) is 46.8 Å². The number of nitrogens with zero attached hydrogens (tertiary/aromatic N) is 1. The molecule has 4 fully saturated rings. The van der Waals surface area contributed by atoms with Gasteiger partial charge in [-0.1, -0.05) is 83.6 Å². The van der Waals surface area contributed by atoms with E-state index in [0.29, 0.717) is 64.2 Å². The number of carbonyl (C=O) groups excluding carboxylic acids is 6. The number of fused-ring (bicyclic) bond motifs is 3. The SMILES string of the molecule is CO[C@H]1C[C@@H]2CC[C@@H](C)[C@@](O)(O2)C(=O)C(=O)N2CCCC[C@H]2C(=O)O[C@H]([C@H](C)C[C@@H]2CC[C@@H](OC(=O)C3(C)COCOC3)[C@H](OC)C2)CC(=O)[C@H](C)/C=C(\C)[C@@H](C)[C@@H](OC)C(=O)[C@H](C)CC[C@H](C)/C=C/C=C/C=C1C. The Labute approximate surface area is 447 Å². The van der Waals surface area contributed by atoms with Gasteiger partial charge in [0.15, 0.2) is 5.78 Å². The van der Waals surface area contributed by atoms with Crippen molar-refractivity contribution in [2.75, 3.05) is 47.9 Å². The van der Waals surface area contributed by atoms with Crippen LogP contribution in [0.5, 0.6) is 0 Å². The summed E-state index contributed by atoms with van der Waals surface area (Å²) in [5.41, 5.74) is 0.789. The van der Waals surface area contributed by atoms with Gasteiger partial charge in [-0.25, -0.2) is 4.79 Å². The van der Waals surface area contributed by atoms with E-state index in [2.05, 4.69) is 13.0 Å². The first kappa shape index (κ1) is 61.9. The molecular weight excluding hydrogens is 963 g/mol. The van der Waals surface area contributed by atoms with E-state index in [1.165, 1.54) is 12.0 Å². The Morgan fingerprint density at radius 2 is 1.55 bits per heavy atom. The zero-order chi connectivity index (χ0) is 55.2. The van der Waals surface area contributed by atoms with Gasteiger partial charge in [-0.3, -0.25) is 24.0 Å². The normalized spacial score (nSPS) is 37.9. The highest BCUT2D eigenvalue weighted by molar-refractivity contribution is 6.39. The molecule has 3 saturated heterocycles. The van der Waals surface area contributed by atoms with E-state index in [0.717, 1.165) is 17.6 Å². The number of Topliss-reactive ketones (excluding diaryl/α,β-unsaturated/α-hetero) is 3. The van der Waals surface area contributed by atoms with Crippen LogP contribution in [0.25, 0.3) is 0 Å². The first-order valence-electron chi connectivity index (χ1n) is 27.7. The maximum atomic E-state index is 14.6. The minimum absolute atomic E-state index is 0.00180. The van der Waals surface area contributed by atoms with Gasteiger partial charge in [-0.15, -0.1) is 0 Å². The molecule has 1 amide bonds. The standard InChI is InChI=1S/C59H91NO15/c1-36-18-14-13-15-19-37(2)49(68-10)31-45-25-23-42(7)59(67,75-45)54(63)55(64)60-27-17-16-20-46(60)56(65)73-50(32-47(61)40(5)28-39(4)43(8)53(70-12)52(62)38(3)22-21-36)41(6)29-44-24-26-48(51(30-44)69-11)74-57(66)58(9)33-71-35-72-34-58/h13-15,18-19,28,36,38,40-46,48-51,53,67H,16-17,20-27,29-35H2,1-12H3/b15-13+,18-14+,37-19?,39-28+/t36-,38-,40-,41-,42-,43-,44+,45+,46+,48-,49+,50+,51-,53-,59-/m1/s1. The van der Waals surface area contributed by atoms with Crippen LogP contribution in [0, 0.1) is 46.8 Å². The first-order valence-corrected chi connectivity index (χ1v) is 27.7. The summed E-state index contributed by atoms with van der Waals surface area (Å²) in [6.07, 6.45) is 14.5. The number of rotatable bonds is 8. The zero-order valence-corrected chi connectivity index (χ0v) is 47.2. The summed E-state index contributed by atoms with van der Waals surface area (Å²) in [7, 11) is 4.72. The topological polar surface area (TPSA) is 200 Å². The molecule has 0 radical (unpaired) electrons. The Balaban J connectivity index is 1.43. The molecule has 75 heavy (non-hydrogen) atoms. The molecule has 5 rings (SSSR count). The van der Waals surface area contributed by atoms with Crippen LogP contribution in [-0.4, -0.2) is 142 Å². The number of ketones is 3. The number of ether oxygens (including phenoxy) is 8. The summed E-state index contributed by atoms with van der Waals surface area (Å²) in [6.45, 7) is 17.6. The van der Waals surface area contributed by atoms with E-state index >= 15 is 0 Å². The van der Waals surface area contributed by atoms with Gasteiger partial charge < -0.3 is 47.9 Å². The zero-order valence-electron chi connectivity index (χ0n) is 47.2. The van der Waals surface area contributed by atoms with Crippen molar-refractivity contribution in [2.45, 2.75) is 194 Å². The quantitative estimate of drug-likeness (QED) is 0.138. The number of aliphatic hydroxyl groups is 1. The smallest absolute Gasteiger partial charge is 0.329 e. The van der Waals surface area contributed by atoms with Crippen LogP contribution in [0.2, 0.25) is 0 Å². The van der Waals surface area contributed by atoms with Crippen LogP contribution in [0.15, 0.2) is 47.6 Å². The van der Waals surface area contributed by atoms with Crippen LogP contribution in [-0.2, 0) is 66.7 Å². The summed E-state index contributed by atoms with van der Waals surface area (Å²) < 4.78 is 47.1. The molecule has 1 aliphatic carbocycles. The molecule has 4 aliphatic heterocycles. The molecule has 1 saturated carbocycles. The average Bonchev–Trinajstić information content (AvgIpc) is 3.39. The minimum Gasteiger partial charge on any atom is -0.460 e. The van der Waals surface area contributed by atoms with Gasteiger partial charge in [-0.05, 0) is 115 Å². The molecule has 16 nitrogen and oxygen atoms in total. The summed E-state index contributed by atoms with van der Waals surface area (Å²) in [6, 6.07) is -1.15. The van der Waals surface area contributed by atoms with Crippen LogP contribution in [0.1, 0.15) is 146 Å². The molecule has 16 heteroatoms.